The van der Waals surface area contributed by atoms with Gasteiger partial charge in [0.15, 0.2) is 5.92 Å². The summed E-state index contributed by atoms with van der Waals surface area (Å²) in [7, 11) is 0. The molecule has 1 amide bonds. The van der Waals surface area contributed by atoms with E-state index in [1.54, 1.807) is 17.0 Å². The van der Waals surface area contributed by atoms with Crippen LogP contribution in [0.3, 0.4) is 0 Å². The van der Waals surface area contributed by atoms with Crippen LogP contribution in [0.15, 0.2) is 0 Å². The molecule has 1 saturated heterocycles. The Kier molecular flexibility index (Phi) is 6.20. The van der Waals surface area contributed by atoms with Gasteiger partial charge in [-0.25, -0.2) is 0 Å². The average molecular weight is 271 g/mol. The quantitative estimate of drug-likeness (QED) is 0.781. The van der Waals surface area contributed by atoms with Crippen molar-refractivity contribution in [3.05, 3.63) is 0 Å². The highest BCUT2D eigenvalue weighted by Crippen LogP contribution is 2.16. The first-order valence-corrected chi connectivity index (χ1v) is 6.69. The maximum atomic E-state index is 12.1. The van der Waals surface area contributed by atoms with Gasteiger partial charge in [-0.1, -0.05) is 12.8 Å². The third kappa shape index (κ3) is 4.07. The summed E-state index contributed by atoms with van der Waals surface area (Å²) >= 11 is 0. The van der Waals surface area contributed by atoms with Gasteiger partial charge >= 0.3 is 0 Å². The number of hydrogen-bond acceptors (Lipinski definition) is 5. The molecule has 6 heteroatoms. The smallest absolute Gasteiger partial charge is 0.224 e. The molecule has 1 aliphatic heterocycles. The Labute approximate surface area is 118 Å². The molecule has 0 aromatic rings. The summed E-state index contributed by atoms with van der Waals surface area (Å²) in [6.07, 6.45) is 4.01. The molecular weight excluding hydrogens is 254 g/mol. The Morgan fingerprint density at radius 3 is 2.05 bits per heavy atom. The highest BCUT2D eigenvalue weighted by Gasteiger charge is 2.27. The molecule has 20 heavy (non-hydrogen) atoms. The number of nitriles is 3. The second kappa shape index (κ2) is 7.92. The predicted molar refractivity (Wildman–Crippen MR) is 71.2 cm³/mol. The van der Waals surface area contributed by atoms with Crippen LogP contribution in [-0.4, -0.2) is 29.6 Å². The molecule has 1 fully saturated rings. The van der Waals surface area contributed by atoms with Crippen molar-refractivity contribution < 1.29 is 4.79 Å². The molecule has 1 heterocycles. The molecule has 0 aliphatic carbocycles. The zero-order chi connectivity index (χ0) is 15.0. The first kappa shape index (κ1) is 15.7. The van der Waals surface area contributed by atoms with Crippen molar-refractivity contribution in [2.75, 3.05) is 13.1 Å². The van der Waals surface area contributed by atoms with Gasteiger partial charge in [-0.3, -0.25) is 4.79 Å². The van der Waals surface area contributed by atoms with Crippen LogP contribution in [0, 0.1) is 51.2 Å². The van der Waals surface area contributed by atoms with Crippen LogP contribution in [0.4, 0.5) is 0 Å². The SMILES string of the molecule is N#CC(C#N)C(=N)[C@@H](C#N)CC(=O)N1CCCCCC1. The van der Waals surface area contributed by atoms with Gasteiger partial charge in [0.05, 0.1) is 29.8 Å². The van der Waals surface area contributed by atoms with E-state index in [0.29, 0.717) is 13.1 Å². The number of hydrogen-bond donors (Lipinski definition) is 1. The lowest BCUT2D eigenvalue weighted by Gasteiger charge is -2.21. The molecule has 0 radical (unpaired) electrons. The number of nitrogens with one attached hydrogen (secondary N) is 1. The average Bonchev–Trinajstić information content (AvgIpc) is 2.74. The number of rotatable bonds is 4. The Bertz CT molecular complexity index is 471. The zero-order valence-electron chi connectivity index (χ0n) is 11.3. The maximum Gasteiger partial charge on any atom is 0.224 e. The third-order valence-corrected chi connectivity index (χ3v) is 3.44. The van der Waals surface area contributed by atoms with Gasteiger partial charge in [-0.2, -0.15) is 15.8 Å². The fourth-order valence-electron chi connectivity index (χ4n) is 2.22. The van der Waals surface area contributed by atoms with Crippen molar-refractivity contribution in [1.29, 1.82) is 21.2 Å². The van der Waals surface area contributed by atoms with Gasteiger partial charge in [0.1, 0.15) is 0 Å². The van der Waals surface area contributed by atoms with Crippen LogP contribution >= 0.6 is 0 Å². The van der Waals surface area contributed by atoms with Crippen molar-refractivity contribution in [2.24, 2.45) is 11.8 Å². The van der Waals surface area contributed by atoms with E-state index in [1.165, 1.54) is 0 Å². The van der Waals surface area contributed by atoms with Gasteiger partial charge in [0, 0.05) is 19.5 Å². The Morgan fingerprint density at radius 2 is 1.60 bits per heavy atom. The fourth-order valence-corrected chi connectivity index (χ4v) is 2.22. The van der Waals surface area contributed by atoms with Crippen molar-refractivity contribution in [3.8, 4) is 18.2 Å². The minimum absolute atomic E-state index is 0.116. The van der Waals surface area contributed by atoms with Crippen LogP contribution in [0.5, 0.6) is 0 Å². The van der Waals surface area contributed by atoms with Crippen LogP contribution in [0.25, 0.3) is 0 Å². The molecule has 0 aromatic carbocycles. The number of carbonyl (C=O) groups excluding carboxylic acids is 1. The first-order chi connectivity index (χ1) is 9.63. The van der Waals surface area contributed by atoms with Crippen LogP contribution in [0.2, 0.25) is 0 Å². The third-order valence-electron chi connectivity index (χ3n) is 3.44. The summed E-state index contributed by atoms with van der Waals surface area (Å²) in [6, 6.07) is 5.20. The van der Waals surface area contributed by atoms with E-state index in [2.05, 4.69) is 0 Å². The number of amides is 1. The summed E-state index contributed by atoms with van der Waals surface area (Å²) in [4.78, 5) is 13.9. The maximum absolute atomic E-state index is 12.1. The lowest BCUT2D eigenvalue weighted by molar-refractivity contribution is -0.131. The van der Waals surface area contributed by atoms with Crippen LogP contribution < -0.4 is 0 Å². The van der Waals surface area contributed by atoms with Crippen molar-refractivity contribution in [2.45, 2.75) is 32.1 Å². The predicted octanol–water partition coefficient (Wildman–Crippen LogP) is 1.60. The lowest BCUT2D eigenvalue weighted by atomic mass is 9.91. The van der Waals surface area contributed by atoms with E-state index in [0.717, 1.165) is 25.7 Å². The first-order valence-electron chi connectivity index (χ1n) is 6.69. The molecule has 0 bridgehead atoms. The number of likely N-dealkylation sites (tertiary alicyclic amines) is 1. The Morgan fingerprint density at radius 1 is 1.05 bits per heavy atom. The summed E-state index contributed by atoms with van der Waals surface area (Å²) in [5, 5.41) is 34.3. The van der Waals surface area contributed by atoms with Gasteiger partial charge in [-0.15, -0.1) is 0 Å². The van der Waals surface area contributed by atoms with E-state index >= 15 is 0 Å². The molecule has 0 aromatic heterocycles. The monoisotopic (exact) mass is 271 g/mol. The molecule has 1 atom stereocenters. The molecular formula is C14H17N5O. The summed E-state index contributed by atoms with van der Waals surface area (Å²) < 4.78 is 0. The van der Waals surface area contributed by atoms with Crippen molar-refractivity contribution >= 4 is 11.6 Å². The highest BCUT2D eigenvalue weighted by atomic mass is 16.2. The van der Waals surface area contributed by atoms with Gasteiger partial charge < -0.3 is 10.3 Å². The lowest BCUT2D eigenvalue weighted by Crippen LogP contribution is -2.35. The summed E-state index contributed by atoms with van der Waals surface area (Å²) in [5.41, 5.74) is -0.277. The zero-order valence-corrected chi connectivity index (χ0v) is 11.3. The van der Waals surface area contributed by atoms with Crippen LogP contribution in [-0.2, 0) is 4.79 Å². The standard InChI is InChI=1S/C14H17N5O/c15-8-11(14(18)12(9-16)10-17)7-13(20)19-5-3-1-2-4-6-19/h11-12,18H,1-7H2/t11-/m1/s1. The van der Waals surface area contributed by atoms with Gasteiger partial charge in [0.25, 0.3) is 0 Å². The second-order valence-corrected chi connectivity index (χ2v) is 4.83. The van der Waals surface area contributed by atoms with Gasteiger partial charge in [0.2, 0.25) is 5.91 Å². The largest absolute Gasteiger partial charge is 0.343 e. The Balaban J connectivity index is 2.67. The molecule has 104 valence electrons. The molecule has 0 saturated carbocycles. The Hall–Kier alpha value is -2.39. The molecule has 1 aliphatic rings. The highest BCUT2D eigenvalue weighted by molar-refractivity contribution is 5.95. The molecule has 6 nitrogen and oxygen atoms in total. The second-order valence-electron chi connectivity index (χ2n) is 4.83. The molecule has 0 unspecified atom stereocenters. The molecule has 1 N–H and O–H groups in total. The van der Waals surface area contributed by atoms with E-state index in [1.807, 2.05) is 6.07 Å². The van der Waals surface area contributed by atoms with Gasteiger partial charge in [-0.05, 0) is 12.8 Å². The summed E-state index contributed by atoms with van der Waals surface area (Å²) in [6.45, 7) is 1.37. The topological polar surface area (TPSA) is 116 Å². The van der Waals surface area contributed by atoms with Crippen molar-refractivity contribution in [3.63, 3.8) is 0 Å². The normalized spacial score (nSPS) is 16.4. The fraction of sp³-hybridized carbons (Fsp3) is 0.643. The minimum atomic E-state index is -1.25. The van der Waals surface area contributed by atoms with E-state index < -0.39 is 11.8 Å². The van der Waals surface area contributed by atoms with E-state index in [9.17, 15) is 4.79 Å². The van der Waals surface area contributed by atoms with Crippen LogP contribution in [0.1, 0.15) is 32.1 Å². The molecule has 0 spiro atoms. The minimum Gasteiger partial charge on any atom is -0.343 e. The number of nitrogens with zero attached hydrogens (tertiary/aromatic N) is 4. The number of carbonyl (C=O) groups is 1. The van der Waals surface area contributed by atoms with Crippen molar-refractivity contribution in [1.82, 2.24) is 4.90 Å². The van der Waals surface area contributed by atoms with E-state index in [4.69, 9.17) is 21.2 Å². The molecule has 1 rings (SSSR count). The van der Waals surface area contributed by atoms with E-state index in [-0.39, 0.29) is 18.0 Å². The summed E-state index contributed by atoms with van der Waals surface area (Å²) in [5.74, 6) is -2.41.